The highest BCUT2D eigenvalue weighted by molar-refractivity contribution is 5.55. The highest BCUT2D eigenvalue weighted by atomic mass is 16.6. The predicted octanol–water partition coefficient (Wildman–Crippen LogP) is 0.797. The molecule has 0 unspecified atom stereocenters. The predicted molar refractivity (Wildman–Crippen MR) is 38.7 cm³/mol. The second-order valence-electron chi connectivity index (χ2n) is 2.60. The van der Waals surface area contributed by atoms with Gasteiger partial charge in [0.2, 0.25) is 6.04 Å². The van der Waals surface area contributed by atoms with Gasteiger partial charge in [0.15, 0.2) is 0 Å². The molecule has 0 heterocycles. The number of hydrogen-bond acceptors (Lipinski definition) is 3. The molecular formula is C7H9NO3. The summed E-state index contributed by atoms with van der Waals surface area (Å²) in [7, 11) is 0. The van der Waals surface area contributed by atoms with Gasteiger partial charge in [0.25, 0.3) is 0 Å². The van der Waals surface area contributed by atoms with Crippen LogP contribution in [0.1, 0.15) is 12.8 Å². The van der Waals surface area contributed by atoms with E-state index in [0.717, 1.165) is 0 Å². The molecule has 0 aromatic carbocycles. The van der Waals surface area contributed by atoms with E-state index >= 15 is 0 Å². The zero-order valence-corrected chi connectivity index (χ0v) is 5.97. The van der Waals surface area contributed by atoms with E-state index in [1.54, 1.807) is 6.08 Å². The Kier molecular flexibility index (Phi) is 2.36. The Balaban J connectivity index is 2.68. The first kappa shape index (κ1) is 7.91. The molecule has 0 spiro atoms. The van der Waals surface area contributed by atoms with Crippen LogP contribution in [-0.2, 0) is 4.79 Å². The lowest BCUT2D eigenvalue weighted by Crippen LogP contribution is -2.31. The van der Waals surface area contributed by atoms with Gasteiger partial charge in [-0.05, 0) is 6.42 Å². The Labute approximate surface area is 64.0 Å². The first-order chi connectivity index (χ1) is 5.25. The Morgan fingerprint density at radius 1 is 1.45 bits per heavy atom. The van der Waals surface area contributed by atoms with Crippen LogP contribution in [-0.4, -0.2) is 17.3 Å². The van der Waals surface area contributed by atoms with Crippen LogP contribution >= 0.6 is 0 Å². The van der Waals surface area contributed by atoms with Crippen LogP contribution in [0.4, 0.5) is 0 Å². The summed E-state index contributed by atoms with van der Waals surface area (Å²) in [5.74, 6) is -0.421. The highest BCUT2D eigenvalue weighted by Gasteiger charge is 2.31. The molecule has 0 amide bonds. The van der Waals surface area contributed by atoms with Crippen molar-refractivity contribution in [2.75, 3.05) is 0 Å². The molecule has 0 N–H and O–H groups in total. The number of nitrogens with zero attached hydrogens (tertiary/aromatic N) is 1. The van der Waals surface area contributed by atoms with Crippen LogP contribution in [0.3, 0.4) is 0 Å². The van der Waals surface area contributed by atoms with E-state index in [4.69, 9.17) is 0 Å². The van der Waals surface area contributed by atoms with Crippen LogP contribution in [0.25, 0.3) is 0 Å². The highest BCUT2D eigenvalue weighted by Crippen LogP contribution is 2.19. The number of hydrogen-bond donors (Lipinski definition) is 0. The summed E-state index contributed by atoms with van der Waals surface area (Å²) in [5, 5.41) is 10.3. The van der Waals surface area contributed by atoms with Crippen LogP contribution in [0, 0.1) is 16.0 Å². The molecule has 0 saturated heterocycles. The van der Waals surface area contributed by atoms with E-state index in [1.807, 2.05) is 6.08 Å². The van der Waals surface area contributed by atoms with Gasteiger partial charge in [-0.25, -0.2) is 0 Å². The van der Waals surface area contributed by atoms with Crippen molar-refractivity contribution < 1.29 is 9.72 Å². The lowest BCUT2D eigenvalue weighted by atomic mass is 9.91. The number of carbonyl (C=O) groups excluding carboxylic acids is 1. The number of nitro groups is 1. The lowest BCUT2D eigenvalue weighted by molar-refractivity contribution is -0.528. The third-order valence-electron chi connectivity index (χ3n) is 1.89. The Morgan fingerprint density at radius 2 is 2.09 bits per heavy atom. The first-order valence-electron chi connectivity index (χ1n) is 3.49. The maximum Gasteiger partial charge on any atom is 0.226 e. The number of carbonyl (C=O) groups is 1. The van der Waals surface area contributed by atoms with Crippen molar-refractivity contribution in [3.05, 3.63) is 22.3 Å². The molecular weight excluding hydrogens is 146 g/mol. The lowest BCUT2D eigenvalue weighted by Gasteiger charge is -2.15. The summed E-state index contributed by atoms with van der Waals surface area (Å²) >= 11 is 0. The van der Waals surface area contributed by atoms with Gasteiger partial charge < -0.3 is 4.79 Å². The molecule has 2 atom stereocenters. The van der Waals surface area contributed by atoms with Gasteiger partial charge in [0, 0.05) is 11.3 Å². The summed E-state index contributed by atoms with van der Waals surface area (Å²) < 4.78 is 0. The van der Waals surface area contributed by atoms with Crippen LogP contribution < -0.4 is 0 Å². The molecule has 0 aromatic rings. The van der Waals surface area contributed by atoms with Crippen molar-refractivity contribution in [2.45, 2.75) is 18.9 Å². The monoisotopic (exact) mass is 155 g/mol. The summed E-state index contributed by atoms with van der Waals surface area (Å²) in [4.78, 5) is 20.3. The Morgan fingerprint density at radius 3 is 2.55 bits per heavy atom. The SMILES string of the molecule is O=C[C@H]1CC=CC[C@@H]1[N+](=O)[O-]. The van der Waals surface area contributed by atoms with Crippen molar-refractivity contribution in [2.24, 2.45) is 5.92 Å². The molecule has 1 aliphatic rings. The van der Waals surface area contributed by atoms with E-state index < -0.39 is 12.0 Å². The van der Waals surface area contributed by atoms with Crippen molar-refractivity contribution in [1.82, 2.24) is 0 Å². The summed E-state index contributed by atoms with van der Waals surface area (Å²) in [6.07, 6.45) is 5.15. The molecule has 4 heteroatoms. The molecule has 1 rings (SSSR count). The summed E-state index contributed by atoms with van der Waals surface area (Å²) in [6.45, 7) is 0. The van der Waals surface area contributed by atoms with Gasteiger partial charge in [0.1, 0.15) is 6.29 Å². The van der Waals surface area contributed by atoms with E-state index in [2.05, 4.69) is 0 Å². The zero-order chi connectivity index (χ0) is 8.27. The Hall–Kier alpha value is -1.19. The topological polar surface area (TPSA) is 60.2 Å². The zero-order valence-electron chi connectivity index (χ0n) is 5.97. The van der Waals surface area contributed by atoms with Crippen molar-refractivity contribution in [1.29, 1.82) is 0 Å². The van der Waals surface area contributed by atoms with Crippen LogP contribution in [0.15, 0.2) is 12.2 Å². The van der Waals surface area contributed by atoms with Crippen LogP contribution in [0.5, 0.6) is 0 Å². The second kappa shape index (κ2) is 3.27. The molecule has 11 heavy (non-hydrogen) atoms. The molecule has 0 aromatic heterocycles. The third-order valence-corrected chi connectivity index (χ3v) is 1.89. The molecule has 4 nitrogen and oxygen atoms in total. The fraction of sp³-hybridized carbons (Fsp3) is 0.571. The number of aldehydes is 1. The fourth-order valence-electron chi connectivity index (χ4n) is 1.21. The summed E-state index contributed by atoms with van der Waals surface area (Å²) in [5.41, 5.74) is 0. The van der Waals surface area contributed by atoms with Gasteiger partial charge in [-0.2, -0.15) is 0 Å². The molecule has 60 valence electrons. The molecule has 0 fully saturated rings. The molecule has 1 aliphatic carbocycles. The quantitative estimate of drug-likeness (QED) is 0.256. The first-order valence-corrected chi connectivity index (χ1v) is 3.49. The van der Waals surface area contributed by atoms with Gasteiger partial charge >= 0.3 is 0 Å². The third kappa shape index (κ3) is 1.63. The minimum atomic E-state index is -0.697. The molecule has 0 bridgehead atoms. The standard InChI is InChI=1S/C7H9NO3/c9-5-6-3-1-2-4-7(6)8(10)11/h1-2,5-7H,3-4H2/t6-,7+/m1/s1. The largest absolute Gasteiger partial charge is 0.303 e. The van der Waals surface area contributed by atoms with Crippen molar-refractivity contribution >= 4 is 6.29 Å². The molecule has 0 aliphatic heterocycles. The van der Waals surface area contributed by atoms with Crippen molar-refractivity contribution in [3.8, 4) is 0 Å². The minimum Gasteiger partial charge on any atom is -0.303 e. The average Bonchev–Trinajstić information content (AvgIpc) is 2.04. The molecule has 0 radical (unpaired) electrons. The molecule has 0 saturated carbocycles. The maximum atomic E-state index is 10.3. The van der Waals surface area contributed by atoms with Gasteiger partial charge in [-0.1, -0.05) is 12.2 Å². The maximum absolute atomic E-state index is 10.3. The average molecular weight is 155 g/mol. The van der Waals surface area contributed by atoms with E-state index in [9.17, 15) is 14.9 Å². The summed E-state index contributed by atoms with van der Waals surface area (Å²) in [6, 6.07) is -0.697. The van der Waals surface area contributed by atoms with Crippen LogP contribution in [0.2, 0.25) is 0 Å². The fourth-order valence-corrected chi connectivity index (χ4v) is 1.21. The number of rotatable bonds is 2. The van der Waals surface area contributed by atoms with E-state index in [0.29, 0.717) is 19.1 Å². The van der Waals surface area contributed by atoms with E-state index in [-0.39, 0.29) is 4.92 Å². The van der Waals surface area contributed by atoms with E-state index in [1.165, 1.54) is 0 Å². The van der Waals surface area contributed by atoms with Crippen molar-refractivity contribution in [3.63, 3.8) is 0 Å². The smallest absolute Gasteiger partial charge is 0.226 e. The van der Waals surface area contributed by atoms with Gasteiger partial charge in [0.05, 0.1) is 5.92 Å². The normalized spacial score (nSPS) is 29.8. The second-order valence-corrected chi connectivity index (χ2v) is 2.60. The Bertz CT molecular complexity index is 200. The van der Waals surface area contributed by atoms with Gasteiger partial charge in [-0.3, -0.25) is 10.1 Å². The van der Waals surface area contributed by atoms with Gasteiger partial charge in [-0.15, -0.1) is 0 Å². The number of allylic oxidation sites excluding steroid dienone is 1. The minimum absolute atomic E-state index is 0.372.